The van der Waals surface area contributed by atoms with Gasteiger partial charge in [-0.05, 0) is 25.8 Å². The molecule has 66 heavy (non-hydrogen) atoms. The molecule has 1 fully saturated rings. The maximum absolute atomic E-state index is 15.0. The van der Waals surface area contributed by atoms with Crippen molar-refractivity contribution in [3.63, 3.8) is 0 Å². The highest BCUT2D eigenvalue weighted by Gasteiger charge is 2.54. The van der Waals surface area contributed by atoms with Crippen molar-refractivity contribution in [2.24, 2.45) is 39.7 Å². The first-order chi connectivity index (χ1) is 31.0. The number of nitrogens with zero attached hydrogens (tertiary/aromatic N) is 3. The fourth-order valence-corrected chi connectivity index (χ4v) is 9.57. The summed E-state index contributed by atoms with van der Waals surface area (Å²) in [6, 6.07) is 0. The van der Waals surface area contributed by atoms with Crippen molar-refractivity contribution in [1.82, 2.24) is 15.5 Å². The molecule has 18 heteroatoms. The van der Waals surface area contributed by atoms with Crippen LogP contribution in [-0.2, 0) is 33.4 Å². The summed E-state index contributed by atoms with van der Waals surface area (Å²) in [5, 5.41) is 55.3. The van der Waals surface area contributed by atoms with Gasteiger partial charge in [0, 0.05) is 93.8 Å². The number of phenolic OH excluding ortho intramolecular Hbond substituents is 1. The maximum Gasteiger partial charge on any atom is 0.344 e. The van der Waals surface area contributed by atoms with Gasteiger partial charge in [-0.2, -0.15) is 0 Å². The number of oxime groups is 1. The summed E-state index contributed by atoms with van der Waals surface area (Å²) < 4.78 is 24.5. The van der Waals surface area contributed by atoms with E-state index in [1.807, 2.05) is 0 Å². The van der Waals surface area contributed by atoms with Crippen molar-refractivity contribution in [3.8, 4) is 11.5 Å². The van der Waals surface area contributed by atoms with Crippen LogP contribution < -0.4 is 15.4 Å². The number of ketones is 1. The van der Waals surface area contributed by atoms with Crippen LogP contribution in [-0.4, -0.2) is 130 Å². The van der Waals surface area contributed by atoms with Gasteiger partial charge in [0.05, 0.1) is 47.1 Å². The molecule has 9 atom stereocenters. The van der Waals surface area contributed by atoms with Crippen LogP contribution in [0.3, 0.4) is 0 Å². The second-order valence-electron chi connectivity index (χ2n) is 18.8. The van der Waals surface area contributed by atoms with Crippen molar-refractivity contribution >= 4 is 35.1 Å². The van der Waals surface area contributed by atoms with Gasteiger partial charge in [-0.1, -0.05) is 64.9 Å². The zero-order valence-corrected chi connectivity index (χ0v) is 39.6. The number of piperidine rings is 1. The number of aromatic hydroxyl groups is 1. The number of hydrogen-bond donors (Lipinski definition) is 6. The quantitative estimate of drug-likeness (QED) is 0.165. The van der Waals surface area contributed by atoms with Crippen LogP contribution in [0, 0.1) is 36.5 Å². The van der Waals surface area contributed by atoms with Gasteiger partial charge in [-0.3, -0.25) is 19.4 Å². The molecule has 0 unspecified atom stereocenters. The molecule has 4 aliphatic heterocycles. The number of carbonyl (C=O) groups excluding carboxylic acids is 3. The number of Topliss-reactive ketones (excluding diaryl/α,β-unsaturated/α-hetero) is 1. The molecule has 1 saturated heterocycles. The number of hydrogen-bond acceptors (Lipinski definition) is 16. The number of nitrogens with one attached hydrogen (secondary N) is 2. The van der Waals surface area contributed by atoms with Gasteiger partial charge in [-0.25, -0.2) is 4.79 Å². The topological polar surface area (TPSA) is 247 Å². The van der Waals surface area contributed by atoms with E-state index in [0.29, 0.717) is 31.8 Å². The molecule has 1 spiro atoms. The summed E-state index contributed by atoms with van der Waals surface area (Å²) in [7, 11) is 1.45. The minimum atomic E-state index is -1.90. The lowest BCUT2D eigenvalue weighted by atomic mass is 9.78. The first-order valence-electron chi connectivity index (χ1n) is 22.5. The fourth-order valence-electron chi connectivity index (χ4n) is 9.57. The molecule has 1 aromatic carbocycles. The smallest absolute Gasteiger partial charge is 0.344 e. The number of aliphatic carboxylic acids is 1. The predicted octanol–water partition coefficient (Wildman–Crippen LogP) is 4.24. The number of ether oxygens (including phenoxy) is 4. The predicted molar refractivity (Wildman–Crippen MR) is 243 cm³/mol. The molecule has 1 amide bonds. The van der Waals surface area contributed by atoms with E-state index in [4.69, 9.17) is 28.8 Å². The molecular weight excluding hydrogens is 855 g/mol. The number of rotatable bonds is 7. The summed E-state index contributed by atoms with van der Waals surface area (Å²) in [5.74, 6) is -7.62. The SMILES string of the molecule is CO[C@H]1/C=C/O[C@@]2(C)Oc3c(C)c(O)c4c(c3/C2=N/OCC(=O)O)C2=NC3(CCN(CC(C)C)CC3)NC2=C(NC(=O)/C(C)=C\C=C\[C@H](C)[C@H](O)[C@@H](C)[C@@H](O)[C@@H](C)[C@H](OC(C)=O)[C@@H]1C)C4=O. The standard InChI is InChI=1S/C48H65N5O13/c1-23(2)21-53-18-16-48(17-19-53)50-36-33-34-41(59)29(8)44-35(33)45(52-64-22-32(55)56)47(10,66-44)63-20-15-31(62-11)26(5)43(65-30(9)54)28(7)40(58)27(6)39(57)24(3)13-12-14-25(4)46(61)49-38(42(34)60)37(36)51-48/h12-15,20,23-24,26-28,31,39-40,43,51,57-59H,16-19,21-22H2,1-11H3,(H,49,61)(H,55,56)/b13-12+,20-15+,25-14-,52-45-/t24-,26+,27+,28+,31-,39-,40+,43+,47-/m0/s1. The lowest BCUT2D eigenvalue weighted by Gasteiger charge is -2.38. The zero-order chi connectivity index (χ0) is 48.6. The summed E-state index contributed by atoms with van der Waals surface area (Å²) in [6.07, 6.45) is 4.84. The molecule has 4 heterocycles. The number of aliphatic hydroxyl groups excluding tert-OH is 2. The lowest BCUT2D eigenvalue weighted by Crippen LogP contribution is -2.50. The second-order valence-corrected chi connectivity index (χ2v) is 18.8. The van der Waals surface area contributed by atoms with Crippen molar-refractivity contribution in [3.05, 3.63) is 69.8 Å². The number of aliphatic imine (C=N–C) groups is 1. The Morgan fingerprint density at radius 3 is 2.30 bits per heavy atom. The average molecular weight is 920 g/mol. The van der Waals surface area contributed by atoms with Gasteiger partial charge >= 0.3 is 11.9 Å². The van der Waals surface area contributed by atoms with Crippen LogP contribution in [0.4, 0.5) is 0 Å². The van der Waals surface area contributed by atoms with Crippen molar-refractivity contribution in [2.45, 2.75) is 118 Å². The van der Waals surface area contributed by atoms with E-state index in [-0.39, 0.29) is 56.4 Å². The second kappa shape index (κ2) is 19.7. The number of likely N-dealkylation sites (tertiary alicyclic amines) is 1. The Kier molecular flexibility index (Phi) is 14.9. The number of phenols is 1. The average Bonchev–Trinajstić information content (AvgIpc) is 3.77. The third kappa shape index (κ3) is 9.78. The minimum absolute atomic E-state index is 0.0610. The number of carboxylic acid groups (broad SMARTS) is 1. The number of methoxy groups -OCH3 is 1. The molecule has 0 aromatic heterocycles. The minimum Gasteiger partial charge on any atom is -0.507 e. The molecule has 1 aliphatic carbocycles. The number of esters is 1. The third-order valence-corrected chi connectivity index (χ3v) is 13.3. The van der Waals surface area contributed by atoms with E-state index in [0.717, 1.165) is 6.54 Å². The van der Waals surface area contributed by atoms with Crippen LogP contribution in [0.25, 0.3) is 0 Å². The Morgan fingerprint density at radius 1 is 1.00 bits per heavy atom. The Morgan fingerprint density at radius 2 is 1.68 bits per heavy atom. The highest BCUT2D eigenvalue weighted by Crippen LogP contribution is 2.50. The van der Waals surface area contributed by atoms with E-state index in [2.05, 4.69) is 34.5 Å². The molecular formula is C48H65N5O13. The molecule has 6 rings (SSSR count). The first kappa shape index (κ1) is 49.9. The maximum atomic E-state index is 15.0. The lowest BCUT2D eigenvalue weighted by molar-refractivity contribution is -0.160. The molecule has 5 aliphatic rings. The summed E-state index contributed by atoms with van der Waals surface area (Å²) in [5.41, 5.74) is -0.246. The van der Waals surface area contributed by atoms with E-state index in [9.17, 15) is 39.6 Å². The van der Waals surface area contributed by atoms with Crippen LogP contribution >= 0.6 is 0 Å². The van der Waals surface area contributed by atoms with Crippen molar-refractivity contribution in [1.29, 1.82) is 0 Å². The number of benzene rings is 1. The molecule has 1 aromatic rings. The Bertz CT molecular complexity index is 2290. The molecule has 360 valence electrons. The first-order valence-corrected chi connectivity index (χ1v) is 22.5. The third-order valence-electron chi connectivity index (χ3n) is 13.3. The highest BCUT2D eigenvalue weighted by molar-refractivity contribution is 6.35. The van der Waals surface area contributed by atoms with E-state index in [1.165, 1.54) is 34.1 Å². The fraction of sp³-hybridized carbons (Fsp3) is 0.583. The summed E-state index contributed by atoms with van der Waals surface area (Å²) in [6.45, 7) is 18.6. The van der Waals surface area contributed by atoms with Crippen LogP contribution in [0.2, 0.25) is 0 Å². The zero-order valence-electron chi connectivity index (χ0n) is 39.6. The van der Waals surface area contributed by atoms with Gasteiger partial charge in [0.15, 0.2) is 5.71 Å². The summed E-state index contributed by atoms with van der Waals surface area (Å²) >= 11 is 0. The normalized spacial score (nSPS) is 32.7. The monoisotopic (exact) mass is 919 g/mol. The molecule has 6 N–H and O–H groups in total. The Balaban J connectivity index is 1.56. The number of amides is 1. The van der Waals surface area contributed by atoms with Crippen molar-refractivity contribution in [2.75, 3.05) is 33.4 Å². The van der Waals surface area contributed by atoms with Gasteiger partial charge in [0.1, 0.15) is 29.0 Å². The molecule has 5 bridgehead atoms. The Labute approximate surface area is 385 Å². The van der Waals surface area contributed by atoms with E-state index >= 15 is 0 Å². The van der Waals surface area contributed by atoms with Crippen molar-refractivity contribution < 1.29 is 63.4 Å². The van der Waals surface area contributed by atoms with Gasteiger partial charge in [-0.15, -0.1) is 0 Å². The Hall–Kier alpha value is -5.56. The number of allylic oxidation sites excluding steroid dienone is 4. The largest absolute Gasteiger partial charge is 0.507 e. The number of fused-ring (bicyclic) bond motifs is 3. The van der Waals surface area contributed by atoms with Crippen LogP contribution in [0.1, 0.15) is 102 Å². The molecule has 0 radical (unpaired) electrons. The summed E-state index contributed by atoms with van der Waals surface area (Å²) in [4.78, 5) is 66.2. The molecule has 18 nitrogen and oxygen atoms in total. The van der Waals surface area contributed by atoms with Crippen LogP contribution in [0.5, 0.6) is 11.5 Å². The van der Waals surface area contributed by atoms with Crippen LogP contribution in [0.15, 0.2) is 57.7 Å². The van der Waals surface area contributed by atoms with Gasteiger partial charge in [0.2, 0.25) is 12.4 Å². The number of aliphatic hydroxyl groups is 2. The van der Waals surface area contributed by atoms with E-state index in [1.54, 1.807) is 58.9 Å². The number of carbonyl (C=O) groups is 4. The number of carboxylic acids is 1. The van der Waals surface area contributed by atoms with E-state index < -0.39 is 95.5 Å². The van der Waals surface area contributed by atoms with Gasteiger partial charge < -0.3 is 59.7 Å². The highest BCUT2D eigenvalue weighted by atomic mass is 16.7. The molecule has 0 saturated carbocycles. The van der Waals surface area contributed by atoms with Gasteiger partial charge in [0.25, 0.3) is 11.7 Å².